The molecular formula is C11H23NO2. The zero-order chi connectivity index (χ0) is 10.2. The van der Waals surface area contributed by atoms with Gasteiger partial charge in [0.05, 0.1) is 19.8 Å². The summed E-state index contributed by atoms with van der Waals surface area (Å²) in [4.78, 5) is 0. The molecule has 0 bridgehead atoms. The molecule has 0 unspecified atom stereocenters. The van der Waals surface area contributed by atoms with Crippen LogP contribution in [-0.2, 0) is 4.74 Å². The van der Waals surface area contributed by atoms with Crippen molar-refractivity contribution in [3.63, 3.8) is 0 Å². The Bertz CT molecular complexity index is 135. The van der Waals surface area contributed by atoms with Gasteiger partial charge in [-0.25, -0.2) is 0 Å². The minimum Gasteiger partial charge on any atom is -0.394 e. The topological polar surface area (TPSA) is 41.5 Å². The summed E-state index contributed by atoms with van der Waals surface area (Å²) in [5.41, 5.74) is 0. The summed E-state index contributed by atoms with van der Waals surface area (Å²) in [6, 6.07) is 0.621. The van der Waals surface area contributed by atoms with Crippen molar-refractivity contribution in [2.75, 3.05) is 26.4 Å². The van der Waals surface area contributed by atoms with E-state index in [1.54, 1.807) is 0 Å². The van der Waals surface area contributed by atoms with Gasteiger partial charge in [-0.3, -0.25) is 0 Å². The minimum absolute atomic E-state index is 0.123. The summed E-state index contributed by atoms with van der Waals surface area (Å²) in [6.07, 6.45) is 5.56. The lowest BCUT2D eigenvalue weighted by molar-refractivity contribution is 0.0917. The molecule has 0 heterocycles. The first-order valence-electron chi connectivity index (χ1n) is 5.76. The summed E-state index contributed by atoms with van der Waals surface area (Å²) >= 11 is 0. The molecule has 0 saturated heterocycles. The average Bonchev–Trinajstić information content (AvgIpc) is 2.70. The van der Waals surface area contributed by atoms with Crippen molar-refractivity contribution in [1.82, 2.24) is 5.32 Å². The van der Waals surface area contributed by atoms with Crippen LogP contribution in [0.5, 0.6) is 0 Å². The number of hydrogen-bond donors (Lipinski definition) is 2. The summed E-state index contributed by atoms with van der Waals surface area (Å²) in [7, 11) is 0. The van der Waals surface area contributed by atoms with Gasteiger partial charge in [0.15, 0.2) is 0 Å². The Morgan fingerprint density at radius 3 is 2.71 bits per heavy atom. The maximum absolute atomic E-state index is 8.50. The summed E-state index contributed by atoms with van der Waals surface area (Å²) in [6.45, 7) is 4.45. The molecule has 0 radical (unpaired) electrons. The zero-order valence-corrected chi connectivity index (χ0v) is 9.17. The van der Waals surface area contributed by atoms with Crippen LogP contribution in [0.4, 0.5) is 0 Å². The predicted octanol–water partition coefficient (Wildman–Crippen LogP) is 1.16. The molecule has 84 valence electrons. The Morgan fingerprint density at radius 2 is 2.07 bits per heavy atom. The largest absolute Gasteiger partial charge is 0.394 e. The minimum atomic E-state index is 0.123. The van der Waals surface area contributed by atoms with Gasteiger partial charge in [-0.2, -0.15) is 0 Å². The fourth-order valence-electron chi connectivity index (χ4n) is 2.15. The third-order valence-corrected chi connectivity index (χ3v) is 3.06. The molecule has 14 heavy (non-hydrogen) atoms. The maximum atomic E-state index is 8.50. The van der Waals surface area contributed by atoms with Gasteiger partial charge >= 0.3 is 0 Å². The van der Waals surface area contributed by atoms with Gasteiger partial charge in [-0.1, -0.05) is 12.8 Å². The van der Waals surface area contributed by atoms with E-state index in [1.165, 1.54) is 25.7 Å². The molecular weight excluding hydrogens is 178 g/mol. The number of rotatable bonds is 7. The lowest BCUT2D eigenvalue weighted by atomic mass is 10.00. The number of ether oxygens (including phenoxy) is 1. The monoisotopic (exact) mass is 201 g/mol. The molecule has 2 N–H and O–H groups in total. The quantitative estimate of drug-likeness (QED) is 0.607. The highest BCUT2D eigenvalue weighted by Gasteiger charge is 2.20. The van der Waals surface area contributed by atoms with Gasteiger partial charge in [0.25, 0.3) is 0 Å². The van der Waals surface area contributed by atoms with Crippen LogP contribution in [-0.4, -0.2) is 37.5 Å². The van der Waals surface area contributed by atoms with E-state index in [0.717, 1.165) is 12.5 Å². The van der Waals surface area contributed by atoms with E-state index < -0.39 is 0 Å². The van der Waals surface area contributed by atoms with Crippen LogP contribution in [0.15, 0.2) is 0 Å². The van der Waals surface area contributed by atoms with Crippen molar-refractivity contribution in [2.45, 2.75) is 38.6 Å². The standard InChI is InChI=1S/C11H23NO2/c1-10(11-4-2-3-5-11)12-6-8-14-9-7-13/h10-13H,2-9H2,1H3/t10-/m1/s1. The molecule has 0 aromatic heterocycles. The SMILES string of the molecule is C[C@@H](NCCOCCO)C1CCCC1. The van der Waals surface area contributed by atoms with Crippen molar-refractivity contribution in [2.24, 2.45) is 5.92 Å². The first-order chi connectivity index (χ1) is 6.84. The van der Waals surface area contributed by atoms with Gasteiger partial charge in [-0.05, 0) is 25.7 Å². The molecule has 1 fully saturated rings. The predicted molar refractivity (Wildman–Crippen MR) is 57.3 cm³/mol. The average molecular weight is 201 g/mol. The lowest BCUT2D eigenvalue weighted by Gasteiger charge is -2.20. The van der Waals surface area contributed by atoms with E-state index >= 15 is 0 Å². The molecule has 0 spiro atoms. The summed E-state index contributed by atoms with van der Waals surface area (Å²) < 4.78 is 5.18. The number of hydrogen-bond acceptors (Lipinski definition) is 3. The molecule has 1 atom stereocenters. The fraction of sp³-hybridized carbons (Fsp3) is 1.00. The van der Waals surface area contributed by atoms with Gasteiger partial charge in [-0.15, -0.1) is 0 Å². The van der Waals surface area contributed by atoms with Crippen LogP contribution in [0, 0.1) is 5.92 Å². The van der Waals surface area contributed by atoms with Crippen molar-refractivity contribution in [3.8, 4) is 0 Å². The first-order valence-corrected chi connectivity index (χ1v) is 5.76. The van der Waals surface area contributed by atoms with E-state index in [4.69, 9.17) is 9.84 Å². The lowest BCUT2D eigenvalue weighted by Crippen LogP contribution is -2.34. The summed E-state index contributed by atoms with van der Waals surface area (Å²) in [5, 5.41) is 12.0. The molecule has 3 nitrogen and oxygen atoms in total. The normalized spacial score (nSPS) is 20.1. The third-order valence-electron chi connectivity index (χ3n) is 3.06. The maximum Gasteiger partial charge on any atom is 0.0698 e. The Labute approximate surface area is 86.8 Å². The molecule has 0 aromatic carbocycles. The molecule has 1 aliphatic carbocycles. The molecule has 1 aliphatic rings. The smallest absolute Gasteiger partial charge is 0.0698 e. The molecule has 0 aromatic rings. The zero-order valence-electron chi connectivity index (χ0n) is 9.17. The van der Waals surface area contributed by atoms with E-state index in [9.17, 15) is 0 Å². The van der Waals surface area contributed by atoms with Crippen molar-refractivity contribution < 1.29 is 9.84 Å². The van der Waals surface area contributed by atoms with Crippen LogP contribution < -0.4 is 5.32 Å². The number of aliphatic hydroxyl groups is 1. The molecule has 0 amide bonds. The van der Waals surface area contributed by atoms with Crippen LogP contribution in [0.3, 0.4) is 0 Å². The second-order valence-corrected chi connectivity index (χ2v) is 4.12. The van der Waals surface area contributed by atoms with Crippen LogP contribution in [0.25, 0.3) is 0 Å². The van der Waals surface area contributed by atoms with Crippen LogP contribution >= 0.6 is 0 Å². The highest BCUT2D eigenvalue weighted by Crippen LogP contribution is 2.27. The first kappa shape index (κ1) is 12.0. The fourth-order valence-corrected chi connectivity index (χ4v) is 2.15. The van der Waals surface area contributed by atoms with E-state index in [-0.39, 0.29) is 6.61 Å². The van der Waals surface area contributed by atoms with Gasteiger partial charge in [0, 0.05) is 12.6 Å². The second kappa shape index (κ2) is 7.21. The molecule has 1 rings (SSSR count). The van der Waals surface area contributed by atoms with E-state index in [0.29, 0.717) is 19.3 Å². The Morgan fingerprint density at radius 1 is 1.36 bits per heavy atom. The Balaban J connectivity index is 1.94. The highest BCUT2D eigenvalue weighted by atomic mass is 16.5. The van der Waals surface area contributed by atoms with Crippen LogP contribution in [0.2, 0.25) is 0 Å². The molecule has 3 heteroatoms. The molecule has 1 saturated carbocycles. The summed E-state index contributed by atoms with van der Waals surface area (Å²) in [5.74, 6) is 0.868. The third kappa shape index (κ3) is 4.40. The number of aliphatic hydroxyl groups excluding tert-OH is 1. The van der Waals surface area contributed by atoms with E-state index in [2.05, 4.69) is 12.2 Å². The number of nitrogens with one attached hydrogen (secondary N) is 1. The second-order valence-electron chi connectivity index (χ2n) is 4.12. The molecule has 0 aliphatic heterocycles. The van der Waals surface area contributed by atoms with E-state index in [1.807, 2.05) is 0 Å². The Kier molecular flexibility index (Phi) is 6.15. The van der Waals surface area contributed by atoms with Gasteiger partial charge < -0.3 is 15.2 Å². The van der Waals surface area contributed by atoms with Crippen molar-refractivity contribution in [1.29, 1.82) is 0 Å². The van der Waals surface area contributed by atoms with Gasteiger partial charge in [0.1, 0.15) is 0 Å². The van der Waals surface area contributed by atoms with Crippen molar-refractivity contribution in [3.05, 3.63) is 0 Å². The Hall–Kier alpha value is -0.120. The highest BCUT2D eigenvalue weighted by molar-refractivity contribution is 4.76. The van der Waals surface area contributed by atoms with Crippen molar-refractivity contribution >= 4 is 0 Å². The van der Waals surface area contributed by atoms with Crippen LogP contribution in [0.1, 0.15) is 32.6 Å². The van der Waals surface area contributed by atoms with Gasteiger partial charge in [0.2, 0.25) is 0 Å².